The number of nitro groups is 1. The molecule has 0 saturated heterocycles. The minimum absolute atomic E-state index is 0.0298. The number of aromatic nitrogens is 2. The Morgan fingerprint density at radius 3 is 3.00 bits per heavy atom. The molecule has 0 aliphatic carbocycles. The molecule has 102 valence electrons. The van der Waals surface area contributed by atoms with Gasteiger partial charge in [0.25, 0.3) is 0 Å². The first kappa shape index (κ1) is 13.7. The van der Waals surface area contributed by atoms with Gasteiger partial charge in [-0.05, 0) is 30.9 Å². The van der Waals surface area contributed by atoms with Crippen LogP contribution in [0.4, 0.5) is 5.69 Å². The van der Waals surface area contributed by atoms with Crippen molar-refractivity contribution in [2.24, 2.45) is 0 Å². The lowest BCUT2D eigenvalue weighted by atomic mass is 10.2. The predicted molar refractivity (Wildman–Crippen MR) is 74.4 cm³/mol. The van der Waals surface area contributed by atoms with Crippen LogP contribution in [-0.4, -0.2) is 21.2 Å². The highest BCUT2D eigenvalue weighted by Gasteiger charge is 2.10. The van der Waals surface area contributed by atoms with Gasteiger partial charge in [-0.1, -0.05) is 0 Å². The highest BCUT2D eigenvalue weighted by molar-refractivity contribution is 7.10. The molecule has 7 heteroatoms. The van der Waals surface area contributed by atoms with Gasteiger partial charge in [0.1, 0.15) is 12.4 Å². The van der Waals surface area contributed by atoms with E-state index in [0.29, 0.717) is 6.54 Å². The molecule has 0 saturated carbocycles. The van der Waals surface area contributed by atoms with Gasteiger partial charge in [0.2, 0.25) is 0 Å². The summed E-state index contributed by atoms with van der Waals surface area (Å²) in [4.78, 5) is 11.4. The average Bonchev–Trinajstić information content (AvgIpc) is 2.97. The van der Waals surface area contributed by atoms with Gasteiger partial charge in [0, 0.05) is 17.5 Å². The van der Waals surface area contributed by atoms with Gasteiger partial charge >= 0.3 is 5.69 Å². The zero-order valence-corrected chi connectivity index (χ0v) is 11.7. The number of hydrogen-bond acceptors (Lipinski definition) is 5. The summed E-state index contributed by atoms with van der Waals surface area (Å²) in [6.07, 6.45) is 2.72. The lowest BCUT2D eigenvalue weighted by Crippen LogP contribution is -2.23. The minimum Gasteiger partial charge on any atom is -0.308 e. The number of aryl methyl sites for hydroxylation is 1. The summed E-state index contributed by atoms with van der Waals surface area (Å²) in [7, 11) is 0. The molecule has 6 nitrogen and oxygen atoms in total. The fraction of sp³-hybridized carbons (Fsp3) is 0.417. The van der Waals surface area contributed by atoms with E-state index in [1.807, 2.05) is 0 Å². The van der Waals surface area contributed by atoms with E-state index in [-0.39, 0.29) is 11.7 Å². The Morgan fingerprint density at radius 2 is 2.42 bits per heavy atom. The van der Waals surface area contributed by atoms with Crippen LogP contribution in [0.1, 0.15) is 23.4 Å². The summed E-state index contributed by atoms with van der Waals surface area (Å²) in [5.74, 6) is 0. The van der Waals surface area contributed by atoms with Crippen LogP contribution in [0.5, 0.6) is 0 Å². The Morgan fingerprint density at radius 1 is 1.63 bits per heavy atom. The Labute approximate surface area is 115 Å². The van der Waals surface area contributed by atoms with E-state index in [9.17, 15) is 10.1 Å². The van der Waals surface area contributed by atoms with Crippen LogP contribution in [0.3, 0.4) is 0 Å². The Kier molecular flexibility index (Phi) is 4.28. The van der Waals surface area contributed by atoms with Gasteiger partial charge < -0.3 is 5.32 Å². The first-order valence-electron chi connectivity index (χ1n) is 6.02. The Hall–Kier alpha value is -1.73. The quantitative estimate of drug-likeness (QED) is 0.652. The van der Waals surface area contributed by atoms with Crippen molar-refractivity contribution >= 4 is 17.0 Å². The normalized spacial score (nSPS) is 12.5. The van der Waals surface area contributed by atoms with Crippen LogP contribution in [0.2, 0.25) is 0 Å². The molecule has 0 fully saturated rings. The van der Waals surface area contributed by atoms with E-state index in [0.717, 1.165) is 6.54 Å². The van der Waals surface area contributed by atoms with Crippen LogP contribution >= 0.6 is 11.3 Å². The molecule has 1 N–H and O–H groups in total. The molecule has 2 rings (SSSR count). The zero-order valence-electron chi connectivity index (χ0n) is 10.9. The maximum atomic E-state index is 10.5. The highest BCUT2D eigenvalue weighted by Crippen LogP contribution is 2.23. The van der Waals surface area contributed by atoms with E-state index in [2.05, 4.69) is 35.7 Å². The van der Waals surface area contributed by atoms with Crippen LogP contribution in [-0.2, 0) is 6.54 Å². The van der Waals surface area contributed by atoms with Crippen molar-refractivity contribution in [1.82, 2.24) is 15.1 Å². The molecular formula is C12H16N4O2S. The van der Waals surface area contributed by atoms with Crippen molar-refractivity contribution in [2.45, 2.75) is 26.4 Å². The van der Waals surface area contributed by atoms with E-state index in [1.54, 1.807) is 16.0 Å². The Balaban J connectivity index is 1.83. The first-order valence-corrected chi connectivity index (χ1v) is 6.90. The third-order valence-electron chi connectivity index (χ3n) is 2.92. The molecule has 0 radical (unpaired) electrons. The van der Waals surface area contributed by atoms with Gasteiger partial charge in [-0.3, -0.25) is 14.8 Å². The molecule has 0 aromatic carbocycles. The molecule has 2 aromatic heterocycles. The summed E-state index contributed by atoms with van der Waals surface area (Å²) >= 11 is 1.74. The molecule has 0 spiro atoms. The maximum absolute atomic E-state index is 10.5. The van der Waals surface area contributed by atoms with Crippen molar-refractivity contribution in [1.29, 1.82) is 0 Å². The maximum Gasteiger partial charge on any atom is 0.306 e. The molecule has 0 aliphatic heterocycles. The summed E-state index contributed by atoms with van der Waals surface area (Å²) in [6, 6.07) is 2.39. The van der Waals surface area contributed by atoms with Gasteiger partial charge in [-0.2, -0.15) is 5.10 Å². The first-order chi connectivity index (χ1) is 9.08. The molecule has 19 heavy (non-hydrogen) atoms. The number of hydrogen-bond donors (Lipinski definition) is 1. The zero-order chi connectivity index (χ0) is 13.8. The summed E-state index contributed by atoms with van der Waals surface area (Å²) in [6.45, 7) is 5.55. The number of rotatable bonds is 6. The molecule has 2 aromatic rings. The molecule has 0 unspecified atom stereocenters. The predicted octanol–water partition coefficient (Wildman–Crippen LogP) is 2.51. The van der Waals surface area contributed by atoms with Crippen LogP contribution < -0.4 is 5.32 Å². The van der Waals surface area contributed by atoms with Gasteiger partial charge in [-0.25, -0.2) is 0 Å². The summed E-state index contributed by atoms with van der Waals surface area (Å²) < 4.78 is 1.58. The molecular weight excluding hydrogens is 264 g/mol. The van der Waals surface area contributed by atoms with E-state index < -0.39 is 4.92 Å². The van der Waals surface area contributed by atoms with Gasteiger partial charge in [-0.15, -0.1) is 11.3 Å². The SMILES string of the molecule is Cc1ccsc1[C@@H](C)NCCn1cc([N+](=O)[O-])cn1. The third kappa shape index (κ3) is 3.39. The van der Waals surface area contributed by atoms with Crippen molar-refractivity contribution in [3.8, 4) is 0 Å². The summed E-state index contributed by atoms with van der Waals surface area (Å²) in [5, 5.41) is 20.0. The average molecular weight is 280 g/mol. The lowest BCUT2D eigenvalue weighted by Gasteiger charge is -2.13. The number of thiophene rings is 1. The van der Waals surface area contributed by atoms with Crippen molar-refractivity contribution in [3.63, 3.8) is 0 Å². The van der Waals surface area contributed by atoms with Crippen molar-refractivity contribution in [3.05, 3.63) is 44.4 Å². The third-order valence-corrected chi connectivity index (χ3v) is 4.12. The second-order valence-electron chi connectivity index (χ2n) is 4.36. The van der Waals surface area contributed by atoms with Crippen LogP contribution in [0.25, 0.3) is 0 Å². The monoisotopic (exact) mass is 280 g/mol. The van der Waals surface area contributed by atoms with Gasteiger partial charge in [0.15, 0.2) is 0 Å². The molecule has 1 atom stereocenters. The molecule has 2 heterocycles. The molecule has 0 aliphatic rings. The standard InChI is InChI=1S/C12H16N4O2S/c1-9-3-6-19-12(9)10(2)13-4-5-15-8-11(7-14-15)16(17)18/h3,6-8,10,13H,4-5H2,1-2H3/t10-/m1/s1. The minimum atomic E-state index is -0.436. The lowest BCUT2D eigenvalue weighted by molar-refractivity contribution is -0.385. The van der Waals surface area contributed by atoms with E-state index in [1.165, 1.54) is 22.8 Å². The second kappa shape index (κ2) is 5.94. The van der Waals surface area contributed by atoms with E-state index >= 15 is 0 Å². The fourth-order valence-electron chi connectivity index (χ4n) is 1.89. The molecule has 0 bridgehead atoms. The largest absolute Gasteiger partial charge is 0.308 e. The molecule has 0 amide bonds. The number of nitrogens with zero attached hydrogens (tertiary/aromatic N) is 3. The fourth-order valence-corrected chi connectivity index (χ4v) is 2.85. The van der Waals surface area contributed by atoms with E-state index in [4.69, 9.17) is 0 Å². The smallest absolute Gasteiger partial charge is 0.306 e. The Bertz CT molecular complexity index is 564. The van der Waals surface area contributed by atoms with Gasteiger partial charge in [0.05, 0.1) is 11.5 Å². The summed E-state index contributed by atoms with van der Waals surface area (Å²) in [5.41, 5.74) is 1.32. The van der Waals surface area contributed by atoms with Crippen LogP contribution in [0.15, 0.2) is 23.8 Å². The topological polar surface area (TPSA) is 73.0 Å². The van der Waals surface area contributed by atoms with Crippen molar-refractivity contribution in [2.75, 3.05) is 6.54 Å². The highest BCUT2D eigenvalue weighted by atomic mass is 32.1. The van der Waals surface area contributed by atoms with Crippen molar-refractivity contribution < 1.29 is 4.92 Å². The van der Waals surface area contributed by atoms with Crippen LogP contribution in [0, 0.1) is 17.0 Å². The number of nitrogens with one attached hydrogen (secondary N) is 1. The second-order valence-corrected chi connectivity index (χ2v) is 5.31.